The highest BCUT2D eigenvalue weighted by Crippen LogP contribution is 2.31. The Hall–Kier alpha value is -3.26. The number of nitriles is 1. The number of nitrogens with zero attached hydrogens (tertiary/aromatic N) is 1. The zero-order valence-electron chi connectivity index (χ0n) is 17.7. The molecule has 0 fully saturated rings. The lowest BCUT2D eigenvalue weighted by molar-refractivity contribution is -0.112. The van der Waals surface area contributed by atoms with Crippen LogP contribution in [0.1, 0.15) is 50.3 Å². The average molecular weight is 392 g/mol. The second-order valence-electron chi connectivity index (χ2n) is 6.92. The van der Waals surface area contributed by atoms with Crippen molar-refractivity contribution >= 4 is 17.7 Å². The van der Waals surface area contributed by atoms with E-state index in [0.29, 0.717) is 18.9 Å². The third kappa shape index (κ3) is 5.86. The van der Waals surface area contributed by atoms with Gasteiger partial charge in [-0.15, -0.1) is 0 Å². The van der Waals surface area contributed by atoms with Gasteiger partial charge in [-0.05, 0) is 85.9 Å². The lowest BCUT2D eigenvalue weighted by Crippen LogP contribution is -2.13. The molecule has 0 aliphatic rings. The van der Waals surface area contributed by atoms with Crippen LogP contribution in [0, 0.1) is 18.3 Å². The van der Waals surface area contributed by atoms with E-state index in [0.717, 1.165) is 28.2 Å². The maximum atomic E-state index is 12.6. The topological polar surface area (TPSA) is 71.3 Å². The Kier molecular flexibility index (Phi) is 7.85. The van der Waals surface area contributed by atoms with Crippen molar-refractivity contribution in [3.63, 3.8) is 0 Å². The Morgan fingerprint density at radius 1 is 1.14 bits per heavy atom. The van der Waals surface area contributed by atoms with Gasteiger partial charge in [0.2, 0.25) is 0 Å². The molecule has 1 N–H and O–H groups in total. The van der Waals surface area contributed by atoms with Gasteiger partial charge in [-0.1, -0.05) is 13.8 Å². The van der Waals surface area contributed by atoms with E-state index in [1.807, 2.05) is 39.0 Å². The Balaban J connectivity index is 2.29. The minimum Gasteiger partial charge on any atom is -0.494 e. The monoisotopic (exact) mass is 392 g/mol. The van der Waals surface area contributed by atoms with E-state index in [9.17, 15) is 10.1 Å². The molecule has 0 saturated heterocycles. The number of carbonyl (C=O) groups is 1. The first kappa shape index (κ1) is 22.0. The van der Waals surface area contributed by atoms with Crippen LogP contribution in [0.3, 0.4) is 0 Å². The number of carbonyl (C=O) groups excluding carboxylic acids is 1. The first-order valence-electron chi connectivity index (χ1n) is 9.82. The van der Waals surface area contributed by atoms with E-state index in [1.54, 1.807) is 30.3 Å². The van der Waals surface area contributed by atoms with Gasteiger partial charge < -0.3 is 14.8 Å². The van der Waals surface area contributed by atoms with Crippen LogP contribution in [0.15, 0.2) is 42.0 Å². The quantitative estimate of drug-likeness (QED) is 0.478. The number of hydrogen-bond donors (Lipinski definition) is 1. The molecule has 1 amide bonds. The summed E-state index contributed by atoms with van der Waals surface area (Å²) in [5.74, 6) is 1.38. The predicted octanol–water partition coefficient (Wildman–Crippen LogP) is 5.46. The van der Waals surface area contributed by atoms with Gasteiger partial charge in [0.1, 0.15) is 23.1 Å². The molecule has 0 saturated carbocycles. The lowest BCUT2D eigenvalue weighted by atomic mass is 9.95. The standard InChI is InChI=1S/C24H28N2O3/c1-6-28-21-10-8-20(9-11-21)26-24(27)19(15-25)13-18-14-22(16(3)4)23(29-7-2)12-17(18)5/h8-14,16H,6-7H2,1-5H3,(H,26,27)/b19-13+. The van der Waals surface area contributed by atoms with Gasteiger partial charge in [0.05, 0.1) is 13.2 Å². The zero-order valence-corrected chi connectivity index (χ0v) is 17.7. The van der Waals surface area contributed by atoms with Crippen LogP contribution in [0.4, 0.5) is 5.69 Å². The largest absolute Gasteiger partial charge is 0.494 e. The summed E-state index contributed by atoms with van der Waals surface area (Å²) in [6.07, 6.45) is 1.63. The second-order valence-corrected chi connectivity index (χ2v) is 6.92. The fourth-order valence-corrected chi connectivity index (χ4v) is 2.91. The number of hydrogen-bond acceptors (Lipinski definition) is 4. The van der Waals surface area contributed by atoms with Crippen molar-refractivity contribution in [2.24, 2.45) is 0 Å². The SMILES string of the molecule is CCOc1ccc(NC(=O)/C(C#N)=C/c2cc(C(C)C)c(OCC)cc2C)cc1. The minimum atomic E-state index is -0.448. The van der Waals surface area contributed by atoms with Crippen molar-refractivity contribution in [3.05, 3.63) is 58.7 Å². The molecule has 0 bridgehead atoms. The number of benzene rings is 2. The third-order valence-electron chi connectivity index (χ3n) is 4.41. The van der Waals surface area contributed by atoms with Crippen LogP contribution >= 0.6 is 0 Å². The highest BCUT2D eigenvalue weighted by molar-refractivity contribution is 6.09. The molecule has 29 heavy (non-hydrogen) atoms. The molecule has 5 nitrogen and oxygen atoms in total. The van der Waals surface area contributed by atoms with Crippen LogP contribution in [-0.4, -0.2) is 19.1 Å². The van der Waals surface area contributed by atoms with Gasteiger partial charge in [0, 0.05) is 5.69 Å². The smallest absolute Gasteiger partial charge is 0.266 e. The number of ether oxygens (including phenoxy) is 2. The van der Waals surface area contributed by atoms with Crippen molar-refractivity contribution in [3.8, 4) is 17.6 Å². The molecule has 0 atom stereocenters. The summed E-state index contributed by atoms with van der Waals surface area (Å²) in [6, 6.07) is 13.0. The van der Waals surface area contributed by atoms with Crippen LogP contribution in [-0.2, 0) is 4.79 Å². The fraction of sp³-hybridized carbons (Fsp3) is 0.333. The van der Waals surface area contributed by atoms with Crippen molar-refractivity contribution < 1.29 is 14.3 Å². The number of nitrogens with one attached hydrogen (secondary N) is 1. The molecule has 2 aromatic carbocycles. The maximum Gasteiger partial charge on any atom is 0.266 e. The van der Waals surface area contributed by atoms with Crippen molar-refractivity contribution in [2.45, 2.75) is 40.5 Å². The van der Waals surface area contributed by atoms with E-state index >= 15 is 0 Å². The summed E-state index contributed by atoms with van der Waals surface area (Å²) in [6.45, 7) is 11.1. The first-order chi connectivity index (χ1) is 13.9. The van der Waals surface area contributed by atoms with E-state index in [-0.39, 0.29) is 11.5 Å². The van der Waals surface area contributed by atoms with E-state index in [4.69, 9.17) is 9.47 Å². The summed E-state index contributed by atoms with van der Waals surface area (Å²) in [4.78, 5) is 12.6. The minimum absolute atomic E-state index is 0.0425. The van der Waals surface area contributed by atoms with Gasteiger partial charge in [-0.3, -0.25) is 4.79 Å². The van der Waals surface area contributed by atoms with Crippen molar-refractivity contribution in [2.75, 3.05) is 18.5 Å². The van der Waals surface area contributed by atoms with Gasteiger partial charge in [-0.2, -0.15) is 5.26 Å². The number of aryl methyl sites for hydroxylation is 1. The van der Waals surface area contributed by atoms with Crippen LogP contribution < -0.4 is 14.8 Å². The van der Waals surface area contributed by atoms with Crippen molar-refractivity contribution in [1.29, 1.82) is 5.26 Å². The Morgan fingerprint density at radius 2 is 1.79 bits per heavy atom. The van der Waals surface area contributed by atoms with Gasteiger partial charge in [0.15, 0.2) is 0 Å². The van der Waals surface area contributed by atoms with Gasteiger partial charge in [-0.25, -0.2) is 0 Å². The van der Waals surface area contributed by atoms with Crippen molar-refractivity contribution in [1.82, 2.24) is 0 Å². The zero-order chi connectivity index (χ0) is 21.4. The number of amides is 1. The normalized spacial score (nSPS) is 11.1. The molecule has 2 aromatic rings. The molecule has 152 valence electrons. The molecule has 5 heteroatoms. The molecule has 0 heterocycles. The molecule has 0 unspecified atom stereocenters. The maximum absolute atomic E-state index is 12.6. The van der Waals surface area contributed by atoms with Gasteiger partial charge >= 0.3 is 0 Å². The highest BCUT2D eigenvalue weighted by Gasteiger charge is 2.14. The van der Waals surface area contributed by atoms with Crippen LogP contribution in [0.5, 0.6) is 11.5 Å². The molecule has 0 spiro atoms. The van der Waals surface area contributed by atoms with E-state index in [2.05, 4.69) is 19.2 Å². The summed E-state index contributed by atoms with van der Waals surface area (Å²) in [5, 5.41) is 12.3. The number of anilines is 1. The Morgan fingerprint density at radius 3 is 2.34 bits per heavy atom. The average Bonchev–Trinajstić information content (AvgIpc) is 2.69. The molecule has 0 aromatic heterocycles. The summed E-state index contributed by atoms with van der Waals surface area (Å²) < 4.78 is 11.1. The summed E-state index contributed by atoms with van der Waals surface area (Å²) >= 11 is 0. The molecule has 0 aliphatic carbocycles. The van der Waals surface area contributed by atoms with E-state index < -0.39 is 5.91 Å². The molecular weight excluding hydrogens is 364 g/mol. The third-order valence-corrected chi connectivity index (χ3v) is 4.41. The summed E-state index contributed by atoms with van der Waals surface area (Å²) in [5.41, 5.74) is 3.47. The Bertz CT molecular complexity index is 922. The lowest BCUT2D eigenvalue weighted by Gasteiger charge is -2.16. The first-order valence-corrected chi connectivity index (χ1v) is 9.82. The molecule has 0 aliphatic heterocycles. The molecule has 2 rings (SSSR count). The fourth-order valence-electron chi connectivity index (χ4n) is 2.91. The van der Waals surface area contributed by atoms with Gasteiger partial charge in [0.25, 0.3) is 5.91 Å². The molecule has 0 radical (unpaired) electrons. The van der Waals surface area contributed by atoms with E-state index in [1.165, 1.54) is 0 Å². The summed E-state index contributed by atoms with van der Waals surface area (Å²) in [7, 11) is 0. The predicted molar refractivity (Wildman–Crippen MR) is 116 cm³/mol. The molecular formula is C24H28N2O3. The van der Waals surface area contributed by atoms with Crippen LogP contribution in [0.2, 0.25) is 0 Å². The highest BCUT2D eigenvalue weighted by atomic mass is 16.5. The van der Waals surface area contributed by atoms with Crippen LogP contribution in [0.25, 0.3) is 6.08 Å². The second kappa shape index (κ2) is 10.3. The number of rotatable bonds is 8. The Labute approximate surface area is 173 Å².